The van der Waals surface area contributed by atoms with Crippen molar-refractivity contribution in [2.45, 2.75) is 0 Å². The molecular weight excluding hydrogens is 229 g/mol. The first-order valence-corrected chi connectivity index (χ1v) is 4.98. The van der Waals surface area contributed by atoms with E-state index in [0.717, 1.165) is 11.1 Å². The topological polar surface area (TPSA) is 73.7 Å². The lowest BCUT2D eigenvalue weighted by Crippen LogP contribution is -2.52. The second-order valence-corrected chi connectivity index (χ2v) is 3.58. The Balaban J connectivity index is 2.12. The van der Waals surface area contributed by atoms with E-state index >= 15 is 0 Å². The number of pyridine rings is 1. The molecule has 0 aromatic carbocycles. The van der Waals surface area contributed by atoms with Crippen LogP contribution in [-0.2, 0) is 4.79 Å². The minimum absolute atomic E-state index is 0.200. The SMILES string of the molecule is O=C(O)N1CCN(c2ccc(F)cn2)C(=O)C1. The highest BCUT2D eigenvalue weighted by Crippen LogP contribution is 2.14. The van der Waals surface area contributed by atoms with Gasteiger partial charge in [-0.25, -0.2) is 14.2 Å². The molecule has 1 aliphatic rings. The molecule has 0 saturated carbocycles. The van der Waals surface area contributed by atoms with Gasteiger partial charge in [0.2, 0.25) is 5.91 Å². The molecule has 2 amide bonds. The predicted octanol–water partition coefficient (Wildman–Crippen LogP) is 0.547. The Labute approximate surface area is 96.3 Å². The molecule has 0 atom stereocenters. The largest absolute Gasteiger partial charge is 0.465 e. The number of rotatable bonds is 1. The molecule has 2 rings (SSSR count). The van der Waals surface area contributed by atoms with Crippen LogP contribution in [0.4, 0.5) is 15.0 Å². The summed E-state index contributed by atoms with van der Waals surface area (Å²) in [7, 11) is 0. The molecule has 2 heterocycles. The molecule has 0 spiro atoms. The molecule has 1 N–H and O–H groups in total. The van der Waals surface area contributed by atoms with Gasteiger partial charge in [-0.05, 0) is 12.1 Å². The molecule has 1 fully saturated rings. The zero-order chi connectivity index (χ0) is 12.4. The van der Waals surface area contributed by atoms with Crippen LogP contribution in [0.25, 0.3) is 0 Å². The lowest BCUT2D eigenvalue weighted by atomic mass is 10.3. The molecule has 1 aromatic heterocycles. The molecule has 0 radical (unpaired) electrons. The fourth-order valence-electron chi connectivity index (χ4n) is 1.61. The molecule has 1 saturated heterocycles. The van der Waals surface area contributed by atoms with Crippen LogP contribution in [0, 0.1) is 5.82 Å². The van der Waals surface area contributed by atoms with Crippen molar-refractivity contribution < 1.29 is 19.1 Å². The van der Waals surface area contributed by atoms with Gasteiger partial charge in [0.05, 0.1) is 6.20 Å². The summed E-state index contributed by atoms with van der Waals surface area (Å²) in [5.74, 6) is -0.510. The second kappa shape index (κ2) is 4.36. The van der Waals surface area contributed by atoms with E-state index in [1.807, 2.05) is 0 Å². The number of piperazine rings is 1. The number of hydrogen-bond acceptors (Lipinski definition) is 3. The molecule has 7 heteroatoms. The van der Waals surface area contributed by atoms with Crippen LogP contribution < -0.4 is 4.90 Å². The highest BCUT2D eigenvalue weighted by molar-refractivity contribution is 5.96. The lowest BCUT2D eigenvalue weighted by molar-refractivity contribution is -0.120. The van der Waals surface area contributed by atoms with E-state index < -0.39 is 11.9 Å². The van der Waals surface area contributed by atoms with Gasteiger partial charge in [-0.1, -0.05) is 0 Å². The van der Waals surface area contributed by atoms with Crippen LogP contribution >= 0.6 is 0 Å². The van der Waals surface area contributed by atoms with Gasteiger partial charge in [-0.15, -0.1) is 0 Å². The summed E-state index contributed by atoms with van der Waals surface area (Å²) in [4.78, 5) is 28.5. The van der Waals surface area contributed by atoms with Crippen molar-refractivity contribution in [3.63, 3.8) is 0 Å². The number of carbonyl (C=O) groups is 2. The number of nitrogens with zero attached hydrogens (tertiary/aromatic N) is 3. The number of carboxylic acid groups (broad SMARTS) is 1. The van der Waals surface area contributed by atoms with E-state index in [1.165, 1.54) is 17.0 Å². The number of carbonyl (C=O) groups excluding carboxylic acids is 1. The predicted molar refractivity (Wildman–Crippen MR) is 56.1 cm³/mol. The van der Waals surface area contributed by atoms with E-state index in [2.05, 4.69) is 4.98 Å². The van der Waals surface area contributed by atoms with Gasteiger partial charge >= 0.3 is 6.09 Å². The van der Waals surface area contributed by atoms with Gasteiger partial charge in [-0.3, -0.25) is 14.6 Å². The van der Waals surface area contributed by atoms with Gasteiger partial charge in [0.25, 0.3) is 0 Å². The zero-order valence-corrected chi connectivity index (χ0v) is 8.84. The van der Waals surface area contributed by atoms with E-state index in [4.69, 9.17) is 5.11 Å². The molecule has 0 bridgehead atoms. The van der Waals surface area contributed by atoms with Crippen molar-refractivity contribution in [1.82, 2.24) is 9.88 Å². The molecule has 90 valence electrons. The summed E-state index contributed by atoms with van der Waals surface area (Å²) in [6.07, 6.45) is -0.100. The average molecular weight is 239 g/mol. The van der Waals surface area contributed by atoms with Gasteiger partial charge in [0, 0.05) is 13.1 Å². The van der Waals surface area contributed by atoms with Crippen LogP contribution in [0.15, 0.2) is 18.3 Å². The normalized spacial score (nSPS) is 16.2. The number of aromatic nitrogens is 1. The number of anilines is 1. The monoisotopic (exact) mass is 239 g/mol. The van der Waals surface area contributed by atoms with Gasteiger partial charge < -0.3 is 5.11 Å². The van der Waals surface area contributed by atoms with Crippen LogP contribution in [0.3, 0.4) is 0 Å². The maximum atomic E-state index is 12.7. The molecule has 0 aliphatic carbocycles. The minimum Gasteiger partial charge on any atom is -0.465 e. The molecular formula is C10H10FN3O3. The first-order chi connectivity index (χ1) is 8.08. The van der Waals surface area contributed by atoms with Crippen molar-refractivity contribution in [3.8, 4) is 0 Å². The lowest BCUT2D eigenvalue weighted by Gasteiger charge is -2.31. The van der Waals surface area contributed by atoms with Crippen molar-refractivity contribution in [3.05, 3.63) is 24.1 Å². The Hall–Kier alpha value is -2.18. The van der Waals surface area contributed by atoms with E-state index in [9.17, 15) is 14.0 Å². The number of amides is 2. The highest BCUT2D eigenvalue weighted by Gasteiger charge is 2.28. The molecule has 0 unspecified atom stereocenters. The van der Waals surface area contributed by atoms with Crippen LogP contribution in [0.5, 0.6) is 0 Å². The van der Waals surface area contributed by atoms with Crippen molar-refractivity contribution in [2.75, 3.05) is 24.5 Å². The maximum absolute atomic E-state index is 12.7. The first-order valence-electron chi connectivity index (χ1n) is 4.98. The van der Waals surface area contributed by atoms with E-state index in [0.29, 0.717) is 5.82 Å². The fourth-order valence-corrected chi connectivity index (χ4v) is 1.61. The first kappa shape index (κ1) is 11.3. The van der Waals surface area contributed by atoms with E-state index in [-0.39, 0.29) is 25.5 Å². The van der Waals surface area contributed by atoms with Gasteiger partial charge in [-0.2, -0.15) is 0 Å². The van der Waals surface area contributed by atoms with Gasteiger partial charge in [0.15, 0.2) is 0 Å². The van der Waals surface area contributed by atoms with Crippen LogP contribution in [-0.4, -0.2) is 46.6 Å². The van der Waals surface area contributed by atoms with Crippen molar-refractivity contribution >= 4 is 17.8 Å². The average Bonchev–Trinajstić information content (AvgIpc) is 2.30. The Morgan fingerprint density at radius 3 is 2.71 bits per heavy atom. The third-order valence-electron chi connectivity index (χ3n) is 2.48. The fraction of sp³-hybridized carbons (Fsp3) is 0.300. The molecule has 6 nitrogen and oxygen atoms in total. The Morgan fingerprint density at radius 1 is 1.41 bits per heavy atom. The quantitative estimate of drug-likeness (QED) is 0.776. The Morgan fingerprint density at radius 2 is 2.18 bits per heavy atom. The summed E-state index contributed by atoms with van der Waals surface area (Å²) < 4.78 is 12.7. The molecule has 1 aliphatic heterocycles. The van der Waals surface area contributed by atoms with Crippen LogP contribution in [0.2, 0.25) is 0 Å². The Kier molecular flexibility index (Phi) is 2.90. The van der Waals surface area contributed by atoms with E-state index in [1.54, 1.807) is 0 Å². The zero-order valence-electron chi connectivity index (χ0n) is 8.84. The van der Waals surface area contributed by atoms with Crippen LogP contribution in [0.1, 0.15) is 0 Å². The summed E-state index contributed by atoms with van der Waals surface area (Å²) in [5.41, 5.74) is 0. The summed E-state index contributed by atoms with van der Waals surface area (Å²) in [6, 6.07) is 2.60. The maximum Gasteiger partial charge on any atom is 0.407 e. The van der Waals surface area contributed by atoms with Gasteiger partial charge in [0.1, 0.15) is 18.2 Å². The third-order valence-corrected chi connectivity index (χ3v) is 2.48. The second-order valence-electron chi connectivity index (χ2n) is 3.58. The number of hydrogen-bond donors (Lipinski definition) is 1. The minimum atomic E-state index is -1.12. The Bertz CT molecular complexity index is 449. The third kappa shape index (κ3) is 2.32. The summed E-state index contributed by atoms with van der Waals surface area (Å²) >= 11 is 0. The van der Waals surface area contributed by atoms with Crippen molar-refractivity contribution in [2.24, 2.45) is 0 Å². The summed E-state index contributed by atoms with van der Waals surface area (Å²) in [5, 5.41) is 8.74. The smallest absolute Gasteiger partial charge is 0.407 e. The standard InChI is InChI=1S/C10H10FN3O3/c11-7-1-2-8(12-5-7)14-4-3-13(10(16)17)6-9(14)15/h1-2,5H,3-4,6H2,(H,16,17). The highest BCUT2D eigenvalue weighted by atomic mass is 19.1. The number of halogens is 1. The van der Waals surface area contributed by atoms with Crippen molar-refractivity contribution in [1.29, 1.82) is 0 Å². The molecule has 17 heavy (non-hydrogen) atoms. The molecule has 1 aromatic rings. The summed E-state index contributed by atoms with van der Waals surface area (Å²) in [6.45, 7) is 0.248.